The van der Waals surface area contributed by atoms with E-state index in [1.165, 1.54) is 0 Å². The van der Waals surface area contributed by atoms with Crippen LogP contribution in [0.15, 0.2) is 18.2 Å². The predicted molar refractivity (Wildman–Crippen MR) is 83.2 cm³/mol. The van der Waals surface area contributed by atoms with Gasteiger partial charge in [-0.1, -0.05) is 19.9 Å². The molecule has 1 heterocycles. The summed E-state index contributed by atoms with van der Waals surface area (Å²) < 4.78 is 0. The lowest BCUT2D eigenvalue weighted by Crippen LogP contribution is -2.52. The van der Waals surface area contributed by atoms with Gasteiger partial charge in [-0.05, 0) is 37.0 Å². The van der Waals surface area contributed by atoms with Crippen molar-refractivity contribution in [3.05, 3.63) is 29.3 Å². The van der Waals surface area contributed by atoms with E-state index < -0.39 is 5.54 Å². The smallest absolute Gasteiger partial charge is 0.251 e. The molecule has 1 aliphatic rings. The van der Waals surface area contributed by atoms with Crippen LogP contribution in [0.4, 0.5) is 5.69 Å². The van der Waals surface area contributed by atoms with Crippen molar-refractivity contribution >= 4 is 17.5 Å². The molecule has 2 rings (SSSR count). The minimum atomic E-state index is -0.423. The number of nitrogens with one attached hydrogen (secondary N) is 2. The molecule has 4 N–H and O–H groups in total. The first-order chi connectivity index (χ1) is 9.83. The number of nitrogens with two attached hydrogens (primary N) is 1. The van der Waals surface area contributed by atoms with Gasteiger partial charge < -0.3 is 16.4 Å². The molecule has 5 nitrogen and oxygen atoms in total. The summed E-state index contributed by atoms with van der Waals surface area (Å²) >= 11 is 0. The molecule has 1 atom stereocenters. The molecule has 1 aromatic carbocycles. The zero-order valence-electron chi connectivity index (χ0n) is 12.8. The third kappa shape index (κ3) is 3.61. The number of amides is 2. The number of carbonyl (C=O) groups excluding carboxylic acids is 2. The first-order valence-electron chi connectivity index (χ1n) is 7.28. The van der Waals surface area contributed by atoms with Gasteiger partial charge in [0.05, 0.1) is 6.42 Å². The van der Waals surface area contributed by atoms with Crippen LogP contribution in [0.25, 0.3) is 0 Å². The van der Waals surface area contributed by atoms with Crippen LogP contribution in [0.2, 0.25) is 0 Å². The third-order valence-corrected chi connectivity index (χ3v) is 3.72. The van der Waals surface area contributed by atoms with E-state index in [4.69, 9.17) is 5.73 Å². The number of carbonyl (C=O) groups is 2. The second-order valence-corrected chi connectivity index (χ2v) is 6.41. The molecule has 1 aliphatic heterocycles. The van der Waals surface area contributed by atoms with Crippen molar-refractivity contribution in [1.82, 2.24) is 5.32 Å². The number of hydrogen-bond donors (Lipinski definition) is 3. The third-order valence-electron chi connectivity index (χ3n) is 3.72. The average Bonchev–Trinajstić information content (AvgIpc) is 2.76. The summed E-state index contributed by atoms with van der Waals surface area (Å²) in [4.78, 5) is 23.8. The zero-order valence-corrected chi connectivity index (χ0v) is 12.8. The van der Waals surface area contributed by atoms with Gasteiger partial charge in [0.25, 0.3) is 5.91 Å². The molecule has 0 bridgehead atoms. The van der Waals surface area contributed by atoms with Crippen molar-refractivity contribution in [2.45, 2.75) is 39.2 Å². The summed E-state index contributed by atoms with van der Waals surface area (Å²) in [6, 6.07) is 5.30. The SMILES string of the molecule is CC(C)CC(C)(CN)NC(=O)c1ccc2c(c1)NC(=O)C2. The Morgan fingerprint density at radius 2 is 2.19 bits per heavy atom. The van der Waals surface area contributed by atoms with Crippen molar-refractivity contribution in [2.75, 3.05) is 11.9 Å². The average molecular weight is 289 g/mol. The molecule has 1 aromatic rings. The lowest BCUT2D eigenvalue weighted by atomic mass is 9.90. The van der Waals surface area contributed by atoms with Gasteiger partial charge >= 0.3 is 0 Å². The Hall–Kier alpha value is -1.88. The van der Waals surface area contributed by atoms with Gasteiger partial charge in [-0.3, -0.25) is 9.59 Å². The van der Waals surface area contributed by atoms with Gasteiger partial charge in [-0.2, -0.15) is 0 Å². The molecule has 0 fully saturated rings. The van der Waals surface area contributed by atoms with Crippen LogP contribution in [-0.2, 0) is 11.2 Å². The number of anilines is 1. The molecule has 0 radical (unpaired) electrons. The molecule has 0 saturated carbocycles. The number of benzene rings is 1. The Balaban J connectivity index is 2.14. The fourth-order valence-corrected chi connectivity index (χ4v) is 2.79. The zero-order chi connectivity index (χ0) is 15.6. The predicted octanol–water partition coefficient (Wildman–Crippen LogP) is 1.67. The maximum atomic E-state index is 12.4. The van der Waals surface area contributed by atoms with Crippen LogP contribution in [0.3, 0.4) is 0 Å². The fraction of sp³-hybridized carbons (Fsp3) is 0.500. The number of rotatable bonds is 5. The molecule has 0 saturated heterocycles. The minimum absolute atomic E-state index is 0.0332. The molecule has 1 unspecified atom stereocenters. The van der Waals surface area contributed by atoms with Crippen LogP contribution < -0.4 is 16.4 Å². The summed E-state index contributed by atoms with van der Waals surface area (Å²) in [7, 11) is 0. The first-order valence-corrected chi connectivity index (χ1v) is 7.28. The maximum Gasteiger partial charge on any atom is 0.251 e. The highest BCUT2D eigenvalue weighted by Crippen LogP contribution is 2.24. The largest absolute Gasteiger partial charge is 0.346 e. The molecular weight excluding hydrogens is 266 g/mol. The Labute approximate surface area is 125 Å². The Morgan fingerprint density at radius 1 is 1.48 bits per heavy atom. The van der Waals surface area contributed by atoms with Gasteiger partial charge in [0, 0.05) is 23.3 Å². The summed E-state index contributed by atoms with van der Waals surface area (Å²) in [6.07, 6.45) is 1.20. The number of fused-ring (bicyclic) bond motifs is 1. The normalized spacial score (nSPS) is 16.3. The topological polar surface area (TPSA) is 84.2 Å². The lowest BCUT2D eigenvalue weighted by Gasteiger charge is -2.31. The molecule has 5 heteroatoms. The van der Waals surface area contributed by atoms with Gasteiger partial charge in [-0.15, -0.1) is 0 Å². The van der Waals surface area contributed by atoms with Crippen molar-refractivity contribution in [1.29, 1.82) is 0 Å². The Kier molecular flexibility index (Phi) is 4.32. The maximum absolute atomic E-state index is 12.4. The van der Waals surface area contributed by atoms with Gasteiger partial charge in [-0.25, -0.2) is 0 Å². The summed E-state index contributed by atoms with van der Waals surface area (Å²) in [5.74, 6) is 0.250. The molecule has 21 heavy (non-hydrogen) atoms. The summed E-state index contributed by atoms with van der Waals surface area (Å²) in [5.41, 5.74) is 7.59. The molecule has 114 valence electrons. The summed E-state index contributed by atoms with van der Waals surface area (Å²) in [6.45, 7) is 6.55. The van der Waals surface area contributed by atoms with E-state index >= 15 is 0 Å². The van der Waals surface area contributed by atoms with Crippen LogP contribution in [0.5, 0.6) is 0 Å². The molecular formula is C16H23N3O2. The van der Waals surface area contributed by atoms with E-state index in [9.17, 15) is 9.59 Å². The van der Waals surface area contributed by atoms with E-state index in [0.29, 0.717) is 24.4 Å². The second kappa shape index (κ2) is 5.85. The van der Waals surface area contributed by atoms with Gasteiger partial charge in [0.2, 0.25) is 5.91 Å². The lowest BCUT2D eigenvalue weighted by molar-refractivity contribution is -0.115. The van der Waals surface area contributed by atoms with E-state index in [1.54, 1.807) is 12.1 Å². The molecule has 0 spiro atoms. The van der Waals surface area contributed by atoms with Crippen molar-refractivity contribution in [2.24, 2.45) is 11.7 Å². The van der Waals surface area contributed by atoms with Gasteiger partial charge in [0.1, 0.15) is 0 Å². The standard InChI is InChI=1S/C16H23N3O2/c1-10(2)8-16(3,9-17)19-15(21)12-5-4-11-7-14(20)18-13(11)6-12/h4-6,10H,7-9,17H2,1-3H3,(H,18,20)(H,19,21). The van der Waals surface area contributed by atoms with E-state index in [-0.39, 0.29) is 11.8 Å². The molecule has 2 amide bonds. The van der Waals surface area contributed by atoms with Gasteiger partial charge in [0.15, 0.2) is 0 Å². The number of hydrogen-bond acceptors (Lipinski definition) is 3. The Bertz CT molecular complexity index is 569. The minimum Gasteiger partial charge on any atom is -0.346 e. The second-order valence-electron chi connectivity index (χ2n) is 6.41. The van der Waals surface area contributed by atoms with Crippen LogP contribution in [0, 0.1) is 5.92 Å². The first kappa shape index (κ1) is 15.5. The van der Waals surface area contributed by atoms with E-state index in [2.05, 4.69) is 24.5 Å². The summed E-state index contributed by atoms with van der Waals surface area (Å²) in [5, 5.41) is 5.77. The van der Waals surface area contributed by atoms with Crippen LogP contribution >= 0.6 is 0 Å². The molecule has 0 aliphatic carbocycles. The molecule has 0 aromatic heterocycles. The van der Waals surface area contributed by atoms with Crippen molar-refractivity contribution in [3.8, 4) is 0 Å². The van der Waals surface area contributed by atoms with Crippen LogP contribution in [0.1, 0.15) is 43.1 Å². The highest BCUT2D eigenvalue weighted by Gasteiger charge is 2.27. The van der Waals surface area contributed by atoms with Crippen LogP contribution in [-0.4, -0.2) is 23.9 Å². The van der Waals surface area contributed by atoms with E-state index in [1.807, 2.05) is 13.0 Å². The fourth-order valence-electron chi connectivity index (χ4n) is 2.79. The van der Waals surface area contributed by atoms with Crippen molar-refractivity contribution < 1.29 is 9.59 Å². The highest BCUT2D eigenvalue weighted by atomic mass is 16.2. The quantitative estimate of drug-likeness (QED) is 0.771. The van der Waals surface area contributed by atoms with E-state index in [0.717, 1.165) is 17.7 Å². The monoisotopic (exact) mass is 289 g/mol. The van der Waals surface area contributed by atoms with Crippen molar-refractivity contribution in [3.63, 3.8) is 0 Å². The Morgan fingerprint density at radius 3 is 2.81 bits per heavy atom. The highest BCUT2D eigenvalue weighted by molar-refractivity contribution is 6.02.